The molecule has 2 aromatic carbocycles. The minimum atomic E-state index is -5.04. The minimum Gasteiger partial charge on any atom is -0.488 e. The Bertz CT molecular complexity index is 1280. The number of alkyl halides is 3. The number of fused-ring (bicyclic) bond motifs is 18. The van der Waals surface area contributed by atoms with Crippen LogP contribution >= 0.6 is 0 Å². The third-order valence-corrected chi connectivity index (χ3v) is 7.31. The van der Waals surface area contributed by atoms with Gasteiger partial charge >= 0.3 is 6.18 Å². The molecule has 0 aromatic heterocycles. The molecule has 0 radical (unpaired) electrons. The van der Waals surface area contributed by atoms with Gasteiger partial charge in [-0.25, -0.2) is 0 Å². The van der Waals surface area contributed by atoms with E-state index in [1.54, 1.807) is 0 Å². The number of hydrogen-bond acceptors (Lipinski definition) is 13. The molecule has 15 nitrogen and oxygen atoms in total. The minimum absolute atomic E-state index is 0.0946. The second-order valence-corrected chi connectivity index (χ2v) is 10.5. The molecule has 5 rings (SSSR count). The number of nitrogens with zero attached hydrogens (tertiary/aromatic N) is 4. The zero-order chi connectivity index (χ0) is 33.6. The Morgan fingerprint density at radius 2 is 1.04 bits per heavy atom. The van der Waals surface area contributed by atoms with E-state index >= 15 is 0 Å². The Labute approximate surface area is 268 Å². The second kappa shape index (κ2) is 17.9. The molecule has 1 saturated heterocycles. The van der Waals surface area contributed by atoms with Crippen molar-refractivity contribution in [3.63, 3.8) is 0 Å². The van der Waals surface area contributed by atoms with Crippen molar-refractivity contribution in [2.45, 2.75) is 6.18 Å². The zero-order valence-corrected chi connectivity index (χ0v) is 25.7. The summed E-state index contributed by atoms with van der Waals surface area (Å²) in [6, 6.07) is 4.89. The van der Waals surface area contributed by atoms with Crippen LogP contribution in [0.2, 0.25) is 0 Å². The highest BCUT2D eigenvalue weighted by Gasteiger charge is 2.37. The molecular formula is C29H38F3N5O10. The van der Waals surface area contributed by atoms with Gasteiger partial charge in [0.1, 0.15) is 13.2 Å². The van der Waals surface area contributed by atoms with Crippen LogP contribution < -0.4 is 14.8 Å². The van der Waals surface area contributed by atoms with E-state index in [1.165, 1.54) is 18.2 Å². The van der Waals surface area contributed by atoms with E-state index in [0.717, 1.165) is 0 Å². The number of anilines is 2. The molecule has 3 aliphatic rings. The number of ether oxygens (including phenoxy) is 6. The van der Waals surface area contributed by atoms with Gasteiger partial charge in [0.25, 0.3) is 11.4 Å². The number of halogens is 3. The van der Waals surface area contributed by atoms with Crippen molar-refractivity contribution in [2.24, 2.45) is 0 Å². The fraction of sp³-hybridized carbons (Fsp3) is 0.586. The molecule has 18 heteroatoms. The SMILES string of the molecule is O=[N+]([O-])c1cc(C(F)(F)F)cc([N+](=O)[O-])c1Nc1ccc2c(c1)OCCN1CCOCCOCCN(CCOCCOCC1)CCO2. The standard InChI is InChI=1S/C29H38F3N5O10/c30-29(31,32)22-19-24(36(38)39)28(25(20-22)37(40)41)33-23-1-2-26-27(21-23)47-14-8-35-5-11-44-17-15-42-9-3-34(7-13-46-26)4-10-43-16-18-45-12-6-35/h1-2,19-21,33H,3-18H2. The predicted molar refractivity (Wildman–Crippen MR) is 162 cm³/mol. The van der Waals surface area contributed by atoms with E-state index in [-0.39, 0.29) is 36.8 Å². The molecule has 2 bridgehead atoms. The first-order valence-electron chi connectivity index (χ1n) is 15.1. The fourth-order valence-corrected chi connectivity index (χ4v) is 4.81. The van der Waals surface area contributed by atoms with Crippen LogP contribution in [0.4, 0.5) is 35.9 Å². The molecule has 47 heavy (non-hydrogen) atoms. The summed E-state index contributed by atoms with van der Waals surface area (Å²) in [6.07, 6.45) is -5.04. The number of hydrogen-bond donors (Lipinski definition) is 1. The Morgan fingerprint density at radius 3 is 1.47 bits per heavy atom. The molecule has 0 unspecified atom stereocenters. The molecule has 260 valence electrons. The van der Waals surface area contributed by atoms with Gasteiger partial charge in [0.2, 0.25) is 0 Å². The number of rotatable bonds is 4. The summed E-state index contributed by atoms with van der Waals surface area (Å²) in [4.78, 5) is 25.5. The van der Waals surface area contributed by atoms with E-state index < -0.39 is 38.6 Å². The summed E-state index contributed by atoms with van der Waals surface area (Å²) < 4.78 is 75.3. The molecule has 0 atom stereocenters. The lowest BCUT2D eigenvalue weighted by Crippen LogP contribution is -2.36. The second-order valence-electron chi connectivity index (χ2n) is 10.5. The third-order valence-electron chi connectivity index (χ3n) is 7.31. The maximum Gasteiger partial charge on any atom is 0.416 e. The van der Waals surface area contributed by atoms with Gasteiger partial charge in [-0.1, -0.05) is 0 Å². The maximum absolute atomic E-state index is 13.4. The first-order chi connectivity index (χ1) is 22.6. The first kappa shape index (κ1) is 36.0. The van der Waals surface area contributed by atoms with Gasteiger partial charge < -0.3 is 33.7 Å². The average molecular weight is 674 g/mol. The summed E-state index contributed by atoms with van der Waals surface area (Å²) in [5.41, 5.74) is -4.34. The largest absolute Gasteiger partial charge is 0.488 e. The summed E-state index contributed by atoms with van der Waals surface area (Å²) in [5, 5.41) is 26.1. The Balaban J connectivity index is 1.63. The quantitative estimate of drug-likeness (QED) is 0.370. The molecule has 3 aliphatic heterocycles. The van der Waals surface area contributed by atoms with Crippen molar-refractivity contribution in [2.75, 3.05) is 111 Å². The van der Waals surface area contributed by atoms with Crippen molar-refractivity contribution in [1.29, 1.82) is 0 Å². The van der Waals surface area contributed by atoms with Crippen LogP contribution in [0.1, 0.15) is 5.56 Å². The Morgan fingerprint density at radius 1 is 0.617 bits per heavy atom. The van der Waals surface area contributed by atoms with E-state index in [9.17, 15) is 33.4 Å². The van der Waals surface area contributed by atoms with Gasteiger partial charge in [0.15, 0.2) is 17.2 Å². The third kappa shape index (κ3) is 11.4. The average Bonchev–Trinajstić information content (AvgIpc) is 3.02. The number of nitro groups is 2. The van der Waals surface area contributed by atoms with E-state index in [2.05, 4.69) is 15.1 Å². The number of benzene rings is 2. The Hall–Kier alpha value is -3.81. The zero-order valence-electron chi connectivity index (χ0n) is 25.7. The van der Waals surface area contributed by atoms with Crippen LogP contribution in [0.25, 0.3) is 0 Å². The van der Waals surface area contributed by atoms with E-state index in [1.807, 2.05) is 0 Å². The summed E-state index contributed by atoms with van der Waals surface area (Å²) in [7, 11) is 0. The van der Waals surface area contributed by atoms with Crippen molar-refractivity contribution in [3.8, 4) is 11.5 Å². The highest BCUT2D eigenvalue weighted by atomic mass is 19.4. The lowest BCUT2D eigenvalue weighted by atomic mass is 10.1. The summed E-state index contributed by atoms with van der Waals surface area (Å²) >= 11 is 0. The molecule has 1 fully saturated rings. The highest BCUT2D eigenvalue weighted by molar-refractivity contribution is 5.80. The molecule has 3 heterocycles. The predicted octanol–water partition coefficient (Wildman–Crippen LogP) is 3.72. The van der Waals surface area contributed by atoms with Crippen LogP contribution in [-0.4, -0.2) is 125 Å². The number of nitrogens with one attached hydrogen (secondary N) is 1. The maximum atomic E-state index is 13.4. The van der Waals surface area contributed by atoms with Crippen molar-refractivity contribution < 1.29 is 51.4 Å². The van der Waals surface area contributed by atoms with E-state index in [0.29, 0.717) is 97.9 Å². The van der Waals surface area contributed by atoms with Crippen molar-refractivity contribution >= 4 is 22.7 Å². The first-order valence-corrected chi connectivity index (χ1v) is 15.1. The van der Waals surface area contributed by atoms with Gasteiger partial charge in [-0.2, -0.15) is 13.2 Å². The molecular weight excluding hydrogens is 635 g/mol. The molecule has 0 aliphatic carbocycles. The summed E-state index contributed by atoms with van der Waals surface area (Å²) in [5.74, 6) is 0.556. The van der Waals surface area contributed by atoms with Crippen LogP contribution in [0.15, 0.2) is 30.3 Å². The Kier molecular flexibility index (Phi) is 13.7. The normalized spacial score (nSPS) is 21.3. The fourth-order valence-electron chi connectivity index (χ4n) is 4.81. The topological polar surface area (TPSA) is 160 Å². The van der Waals surface area contributed by atoms with Crippen molar-refractivity contribution in [1.82, 2.24) is 9.80 Å². The van der Waals surface area contributed by atoms with Gasteiger partial charge in [0, 0.05) is 63.2 Å². The molecule has 1 N–H and O–H groups in total. The summed E-state index contributed by atoms with van der Waals surface area (Å²) in [6.45, 7) is 7.52. The van der Waals surface area contributed by atoms with Crippen LogP contribution in [0.3, 0.4) is 0 Å². The van der Waals surface area contributed by atoms with Gasteiger partial charge in [-0.3, -0.25) is 30.0 Å². The van der Waals surface area contributed by atoms with E-state index in [4.69, 9.17) is 28.4 Å². The highest BCUT2D eigenvalue weighted by Crippen LogP contribution is 2.43. The van der Waals surface area contributed by atoms with Crippen molar-refractivity contribution in [3.05, 3.63) is 56.1 Å². The van der Waals surface area contributed by atoms with Gasteiger partial charge in [-0.15, -0.1) is 0 Å². The lowest BCUT2D eigenvalue weighted by molar-refractivity contribution is -0.392. The van der Waals surface area contributed by atoms with Crippen LogP contribution in [0.5, 0.6) is 11.5 Å². The lowest BCUT2D eigenvalue weighted by Gasteiger charge is -2.25. The molecule has 2 aromatic rings. The van der Waals surface area contributed by atoms with Crippen LogP contribution in [0, 0.1) is 20.2 Å². The molecule has 0 saturated carbocycles. The van der Waals surface area contributed by atoms with Crippen LogP contribution in [-0.2, 0) is 25.1 Å². The van der Waals surface area contributed by atoms with Gasteiger partial charge in [-0.05, 0) is 12.1 Å². The molecule has 0 amide bonds. The molecule has 0 spiro atoms. The van der Waals surface area contributed by atoms with Gasteiger partial charge in [0.05, 0.1) is 68.3 Å². The smallest absolute Gasteiger partial charge is 0.416 e. The number of nitro benzene ring substituents is 2. The monoisotopic (exact) mass is 673 g/mol.